The number of hydrogen-bond donors (Lipinski definition) is 1. The number of fused-ring (bicyclic) bond motifs is 2. The highest BCUT2D eigenvalue weighted by Gasteiger charge is 2.36. The van der Waals surface area contributed by atoms with Gasteiger partial charge >= 0.3 is 6.09 Å². The molecule has 7 nitrogen and oxygen atoms in total. The van der Waals surface area contributed by atoms with Crippen LogP contribution in [-0.2, 0) is 11.2 Å². The molecule has 188 valence electrons. The molecule has 1 aromatic carbocycles. The Morgan fingerprint density at radius 2 is 2.08 bits per heavy atom. The van der Waals surface area contributed by atoms with Crippen LogP contribution < -0.4 is 4.90 Å². The number of likely N-dealkylation sites (tertiary alicyclic amines) is 1. The zero-order valence-corrected chi connectivity index (χ0v) is 22.1. The molecule has 2 atom stereocenters. The maximum absolute atomic E-state index is 12.7. The third kappa shape index (κ3) is 4.65. The number of pyridine rings is 1. The SMILES string of the molecule is C[C@H](O)c1cc2nccc(-c3cc(C#N)cc4c3N(C3CCN(C(=O)OC(C)(C)C)C3)CCC4)c2s1. The van der Waals surface area contributed by atoms with Crippen molar-refractivity contribution in [3.8, 4) is 17.2 Å². The molecule has 2 aromatic heterocycles. The highest BCUT2D eigenvalue weighted by atomic mass is 32.1. The number of anilines is 1. The molecular formula is C28H32N4O3S. The molecule has 3 aromatic rings. The van der Waals surface area contributed by atoms with Crippen molar-refractivity contribution in [3.05, 3.63) is 46.5 Å². The van der Waals surface area contributed by atoms with Crippen molar-refractivity contribution in [1.29, 1.82) is 5.26 Å². The molecule has 0 spiro atoms. The molecule has 36 heavy (non-hydrogen) atoms. The first-order valence-corrected chi connectivity index (χ1v) is 13.3. The number of amides is 1. The summed E-state index contributed by atoms with van der Waals surface area (Å²) in [5, 5.41) is 20.0. The number of aryl methyl sites for hydroxylation is 1. The number of aromatic nitrogens is 1. The molecule has 1 fully saturated rings. The van der Waals surface area contributed by atoms with Gasteiger partial charge in [0.1, 0.15) is 5.60 Å². The molecule has 8 heteroatoms. The van der Waals surface area contributed by atoms with Crippen LogP contribution in [0.4, 0.5) is 10.5 Å². The molecule has 5 rings (SSSR count). The summed E-state index contributed by atoms with van der Waals surface area (Å²) in [6, 6.07) is 10.5. The predicted molar refractivity (Wildman–Crippen MR) is 142 cm³/mol. The van der Waals surface area contributed by atoms with Crippen LogP contribution >= 0.6 is 11.3 Å². The van der Waals surface area contributed by atoms with Gasteiger partial charge in [-0.1, -0.05) is 0 Å². The summed E-state index contributed by atoms with van der Waals surface area (Å²) >= 11 is 1.55. The highest BCUT2D eigenvalue weighted by Crippen LogP contribution is 2.44. The number of carbonyl (C=O) groups is 1. The van der Waals surface area contributed by atoms with Gasteiger partial charge in [0.2, 0.25) is 0 Å². The van der Waals surface area contributed by atoms with Crippen molar-refractivity contribution in [3.63, 3.8) is 0 Å². The van der Waals surface area contributed by atoms with Crippen LogP contribution in [0.2, 0.25) is 0 Å². The third-order valence-electron chi connectivity index (χ3n) is 6.84. The second-order valence-electron chi connectivity index (χ2n) is 10.7. The number of benzene rings is 1. The minimum Gasteiger partial charge on any atom is -0.444 e. The summed E-state index contributed by atoms with van der Waals surface area (Å²) in [4.78, 5) is 22.4. The van der Waals surface area contributed by atoms with E-state index in [9.17, 15) is 15.2 Å². The molecule has 0 saturated carbocycles. The fraction of sp³-hybridized carbons (Fsp3) is 0.464. The molecule has 2 aliphatic rings. The topological polar surface area (TPSA) is 89.7 Å². The van der Waals surface area contributed by atoms with Crippen LogP contribution in [0, 0.1) is 11.3 Å². The van der Waals surface area contributed by atoms with Crippen molar-refractivity contribution in [1.82, 2.24) is 9.88 Å². The minimum absolute atomic E-state index is 0.178. The van der Waals surface area contributed by atoms with Crippen molar-refractivity contribution in [2.24, 2.45) is 0 Å². The number of thiophene rings is 1. The first-order valence-electron chi connectivity index (χ1n) is 12.5. The predicted octanol–water partition coefficient (Wildman–Crippen LogP) is 5.65. The van der Waals surface area contributed by atoms with Crippen molar-refractivity contribution in [2.75, 3.05) is 24.5 Å². The van der Waals surface area contributed by atoms with E-state index in [1.807, 2.05) is 49.9 Å². The van der Waals surface area contributed by atoms with E-state index in [0.717, 1.165) is 57.7 Å². The zero-order valence-electron chi connectivity index (χ0n) is 21.2. The summed E-state index contributed by atoms with van der Waals surface area (Å²) < 4.78 is 6.64. The number of hydrogen-bond acceptors (Lipinski definition) is 7. The highest BCUT2D eigenvalue weighted by molar-refractivity contribution is 7.19. The molecule has 4 heterocycles. The van der Waals surface area contributed by atoms with Crippen LogP contribution in [0.3, 0.4) is 0 Å². The lowest BCUT2D eigenvalue weighted by Crippen LogP contribution is -2.43. The summed E-state index contributed by atoms with van der Waals surface area (Å²) in [5.74, 6) is 0. The molecule has 0 aliphatic carbocycles. The quantitative estimate of drug-likeness (QED) is 0.496. The standard InChI is InChI=1S/C28H32N4O3S/c1-17(33)24-14-23-26(36-24)21(7-9-30-23)22-13-18(15-29)12-19-6-5-10-32(25(19)22)20-8-11-31(16-20)27(34)35-28(2,3)4/h7,9,12-14,17,20,33H,5-6,8,10-11,16H2,1-4H3/t17-,20?/m0/s1. The van der Waals surface area contributed by atoms with E-state index >= 15 is 0 Å². The number of rotatable bonds is 3. The number of nitrogens with zero attached hydrogens (tertiary/aromatic N) is 4. The van der Waals surface area contributed by atoms with Gasteiger partial charge in [-0.05, 0) is 76.8 Å². The second-order valence-corrected chi connectivity index (χ2v) is 11.8. The number of ether oxygens (including phenoxy) is 1. The molecule has 1 amide bonds. The summed E-state index contributed by atoms with van der Waals surface area (Å²) in [6.45, 7) is 9.62. The molecule has 0 radical (unpaired) electrons. The van der Waals surface area contributed by atoms with Crippen LogP contribution in [0.5, 0.6) is 0 Å². The molecule has 0 bridgehead atoms. The first-order chi connectivity index (χ1) is 17.1. The normalized spacial score (nSPS) is 18.7. The lowest BCUT2D eigenvalue weighted by molar-refractivity contribution is 0.0292. The average molecular weight is 505 g/mol. The van der Waals surface area contributed by atoms with Gasteiger partial charge in [-0.25, -0.2) is 4.79 Å². The Morgan fingerprint density at radius 3 is 2.81 bits per heavy atom. The van der Waals surface area contributed by atoms with Gasteiger partial charge in [0.05, 0.1) is 28.0 Å². The Bertz CT molecular complexity index is 1350. The van der Waals surface area contributed by atoms with E-state index < -0.39 is 11.7 Å². The van der Waals surface area contributed by atoms with Gasteiger partial charge < -0.3 is 19.6 Å². The minimum atomic E-state index is -0.565. The Morgan fingerprint density at radius 1 is 1.28 bits per heavy atom. The van der Waals surface area contributed by atoms with Crippen LogP contribution in [0.25, 0.3) is 21.3 Å². The fourth-order valence-electron chi connectivity index (χ4n) is 5.27. The molecule has 1 N–H and O–H groups in total. The van der Waals surface area contributed by atoms with E-state index in [0.29, 0.717) is 18.7 Å². The van der Waals surface area contributed by atoms with Crippen molar-refractivity contribution >= 4 is 33.3 Å². The Hall–Kier alpha value is -3.15. The van der Waals surface area contributed by atoms with Crippen LogP contribution in [-0.4, -0.2) is 52.4 Å². The van der Waals surface area contributed by atoms with Gasteiger partial charge in [0.25, 0.3) is 0 Å². The van der Waals surface area contributed by atoms with E-state index in [2.05, 4.69) is 16.0 Å². The number of aliphatic hydroxyl groups is 1. The Labute approximate surface area is 215 Å². The molecular weight excluding hydrogens is 472 g/mol. The van der Waals surface area contributed by atoms with Gasteiger partial charge in [0.15, 0.2) is 0 Å². The van der Waals surface area contributed by atoms with Gasteiger partial charge in [-0.15, -0.1) is 11.3 Å². The third-order valence-corrected chi connectivity index (χ3v) is 8.17. The smallest absolute Gasteiger partial charge is 0.410 e. The summed E-state index contributed by atoms with van der Waals surface area (Å²) in [6.07, 6.45) is 3.76. The van der Waals surface area contributed by atoms with Gasteiger partial charge in [-0.3, -0.25) is 4.98 Å². The largest absolute Gasteiger partial charge is 0.444 e. The maximum Gasteiger partial charge on any atom is 0.410 e. The fourth-order valence-corrected chi connectivity index (χ4v) is 6.35. The van der Waals surface area contributed by atoms with Crippen molar-refractivity contribution < 1.29 is 14.6 Å². The van der Waals surface area contributed by atoms with E-state index in [-0.39, 0.29) is 12.1 Å². The Kier molecular flexibility index (Phi) is 6.39. The van der Waals surface area contributed by atoms with E-state index in [4.69, 9.17) is 4.74 Å². The van der Waals surface area contributed by atoms with Crippen LogP contribution in [0.1, 0.15) is 62.6 Å². The average Bonchev–Trinajstić information content (AvgIpc) is 3.49. The second kappa shape index (κ2) is 9.38. The summed E-state index contributed by atoms with van der Waals surface area (Å²) in [5.41, 5.74) is 5.34. The summed E-state index contributed by atoms with van der Waals surface area (Å²) in [7, 11) is 0. The van der Waals surface area contributed by atoms with E-state index in [1.54, 1.807) is 24.5 Å². The number of carbonyl (C=O) groups excluding carboxylic acids is 1. The van der Waals surface area contributed by atoms with Crippen LogP contribution in [0.15, 0.2) is 30.5 Å². The molecule has 1 unspecified atom stereocenters. The Balaban J connectivity index is 1.57. The number of aliphatic hydroxyl groups excluding tert-OH is 1. The van der Waals surface area contributed by atoms with Gasteiger partial charge in [0, 0.05) is 53.6 Å². The monoisotopic (exact) mass is 504 g/mol. The lowest BCUT2D eigenvalue weighted by Gasteiger charge is -2.38. The molecule has 2 aliphatic heterocycles. The lowest BCUT2D eigenvalue weighted by atomic mass is 9.90. The van der Waals surface area contributed by atoms with E-state index in [1.165, 1.54) is 5.56 Å². The maximum atomic E-state index is 12.7. The van der Waals surface area contributed by atoms with Gasteiger partial charge in [-0.2, -0.15) is 5.26 Å². The zero-order chi connectivity index (χ0) is 25.6. The first kappa shape index (κ1) is 24.5. The molecule has 1 saturated heterocycles. The van der Waals surface area contributed by atoms with Crippen molar-refractivity contribution in [2.45, 2.75) is 64.7 Å². The number of nitriles is 1.